The SMILES string of the molecule is O=C(NCCN1C(=O)S/C(=C/c2ccc(Cl)cc2)C1=O)c1ccccc1F. The highest BCUT2D eigenvalue weighted by atomic mass is 35.5. The third kappa shape index (κ3) is 4.56. The molecule has 0 aromatic heterocycles. The molecule has 3 rings (SSSR count). The lowest BCUT2D eigenvalue weighted by atomic mass is 10.2. The summed E-state index contributed by atoms with van der Waals surface area (Å²) >= 11 is 6.66. The molecule has 1 aliphatic heterocycles. The van der Waals surface area contributed by atoms with Gasteiger partial charge in [0.05, 0.1) is 10.5 Å². The number of carbonyl (C=O) groups excluding carboxylic acids is 3. The van der Waals surface area contributed by atoms with E-state index < -0.39 is 22.9 Å². The molecule has 5 nitrogen and oxygen atoms in total. The van der Waals surface area contributed by atoms with Crippen molar-refractivity contribution in [3.05, 3.63) is 75.4 Å². The van der Waals surface area contributed by atoms with Crippen LogP contribution in [-0.2, 0) is 4.79 Å². The fourth-order valence-corrected chi connectivity index (χ4v) is 3.42. The van der Waals surface area contributed by atoms with Crippen LogP contribution in [0, 0.1) is 5.82 Å². The number of halogens is 2. The van der Waals surface area contributed by atoms with Gasteiger partial charge in [0.1, 0.15) is 5.82 Å². The summed E-state index contributed by atoms with van der Waals surface area (Å²) in [6, 6.07) is 12.4. The lowest BCUT2D eigenvalue weighted by Gasteiger charge is -2.13. The van der Waals surface area contributed by atoms with Gasteiger partial charge in [0.2, 0.25) is 0 Å². The van der Waals surface area contributed by atoms with Crippen molar-refractivity contribution in [2.24, 2.45) is 0 Å². The largest absolute Gasteiger partial charge is 0.350 e. The first kappa shape index (κ1) is 19.1. The van der Waals surface area contributed by atoms with Gasteiger partial charge in [0, 0.05) is 18.1 Å². The zero-order chi connectivity index (χ0) is 19.4. The van der Waals surface area contributed by atoms with E-state index in [1.807, 2.05) is 0 Å². The molecule has 0 radical (unpaired) electrons. The van der Waals surface area contributed by atoms with E-state index in [2.05, 4.69) is 5.32 Å². The Morgan fingerprint density at radius 3 is 2.56 bits per heavy atom. The van der Waals surface area contributed by atoms with Gasteiger partial charge < -0.3 is 5.32 Å². The van der Waals surface area contributed by atoms with Crippen LogP contribution in [0.1, 0.15) is 15.9 Å². The van der Waals surface area contributed by atoms with Crippen LogP contribution in [0.5, 0.6) is 0 Å². The molecule has 0 aliphatic carbocycles. The first-order valence-corrected chi connectivity index (χ1v) is 9.19. The van der Waals surface area contributed by atoms with E-state index in [0.29, 0.717) is 9.93 Å². The normalized spacial score (nSPS) is 15.5. The second-order valence-corrected chi connectivity index (χ2v) is 7.05. The van der Waals surface area contributed by atoms with Crippen molar-refractivity contribution in [2.75, 3.05) is 13.1 Å². The van der Waals surface area contributed by atoms with E-state index in [1.54, 1.807) is 36.4 Å². The van der Waals surface area contributed by atoms with Gasteiger partial charge in [-0.15, -0.1) is 0 Å². The number of nitrogens with one attached hydrogen (secondary N) is 1. The molecule has 27 heavy (non-hydrogen) atoms. The van der Waals surface area contributed by atoms with Crippen LogP contribution in [0.4, 0.5) is 9.18 Å². The number of rotatable bonds is 5. The van der Waals surface area contributed by atoms with Crippen molar-refractivity contribution >= 4 is 46.5 Å². The number of carbonyl (C=O) groups is 3. The number of thioether (sulfide) groups is 1. The van der Waals surface area contributed by atoms with E-state index >= 15 is 0 Å². The van der Waals surface area contributed by atoms with Crippen LogP contribution in [0.15, 0.2) is 53.4 Å². The second-order valence-electron chi connectivity index (χ2n) is 5.62. The van der Waals surface area contributed by atoms with E-state index in [-0.39, 0.29) is 18.7 Å². The number of amides is 3. The van der Waals surface area contributed by atoms with Crippen LogP contribution in [0.2, 0.25) is 5.02 Å². The van der Waals surface area contributed by atoms with Gasteiger partial charge >= 0.3 is 0 Å². The summed E-state index contributed by atoms with van der Waals surface area (Å²) in [5, 5.41) is 2.67. The van der Waals surface area contributed by atoms with E-state index in [1.165, 1.54) is 18.2 Å². The molecule has 0 saturated carbocycles. The molecule has 0 bridgehead atoms. The second kappa shape index (κ2) is 8.37. The summed E-state index contributed by atoms with van der Waals surface area (Å²) in [6.07, 6.45) is 1.61. The zero-order valence-electron chi connectivity index (χ0n) is 13.9. The lowest BCUT2D eigenvalue weighted by Crippen LogP contribution is -2.37. The molecule has 1 N–H and O–H groups in total. The summed E-state index contributed by atoms with van der Waals surface area (Å²) in [5.74, 6) is -1.66. The molecule has 0 spiro atoms. The van der Waals surface area contributed by atoms with E-state index in [4.69, 9.17) is 11.6 Å². The molecule has 2 aromatic carbocycles. The van der Waals surface area contributed by atoms with Gasteiger partial charge in [-0.25, -0.2) is 4.39 Å². The lowest BCUT2D eigenvalue weighted by molar-refractivity contribution is -0.122. The Kier molecular flexibility index (Phi) is 5.93. The monoisotopic (exact) mass is 404 g/mol. The number of hydrogen-bond donors (Lipinski definition) is 1. The molecule has 2 aromatic rings. The van der Waals surface area contributed by atoms with E-state index in [0.717, 1.165) is 22.2 Å². The standard InChI is InChI=1S/C19H14ClFN2O3S/c20-13-7-5-12(6-8-13)11-16-18(25)23(19(26)27-16)10-9-22-17(24)14-3-1-2-4-15(14)21/h1-8,11H,9-10H2,(H,22,24)/b16-11+. The third-order valence-electron chi connectivity index (χ3n) is 3.78. The van der Waals surface area contributed by atoms with Crippen LogP contribution in [-0.4, -0.2) is 35.0 Å². The molecule has 1 aliphatic rings. The maximum atomic E-state index is 13.6. The molecule has 3 amide bonds. The van der Waals surface area contributed by atoms with Crippen LogP contribution >= 0.6 is 23.4 Å². The smallest absolute Gasteiger partial charge is 0.293 e. The average molecular weight is 405 g/mol. The minimum absolute atomic E-state index is 0.00279. The topological polar surface area (TPSA) is 66.5 Å². The molecule has 0 atom stereocenters. The number of hydrogen-bond acceptors (Lipinski definition) is 4. The number of imide groups is 1. The van der Waals surface area contributed by atoms with Crippen molar-refractivity contribution in [3.8, 4) is 0 Å². The Hall–Kier alpha value is -2.64. The molecule has 8 heteroatoms. The Morgan fingerprint density at radius 1 is 1.15 bits per heavy atom. The molecule has 1 fully saturated rings. The van der Waals surface area contributed by atoms with Gasteiger partial charge in [0.15, 0.2) is 0 Å². The Bertz CT molecular complexity index is 931. The van der Waals surface area contributed by atoms with Gasteiger partial charge in [-0.2, -0.15) is 0 Å². The highest BCUT2D eigenvalue weighted by Gasteiger charge is 2.34. The third-order valence-corrected chi connectivity index (χ3v) is 4.94. The fraction of sp³-hybridized carbons (Fsp3) is 0.105. The maximum Gasteiger partial charge on any atom is 0.293 e. The van der Waals surface area contributed by atoms with Crippen molar-refractivity contribution in [1.29, 1.82) is 0 Å². The van der Waals surface area contributed by atoms with Crippen LogP contribution in [0.3, 0.4) is 0 Å². The minimum atomic E-state index is -0.632. The fourth-order valence-electron chi connectivity index (χ4n) is 2.42. The minimum Gasteiger partial charge on any atom is -0.350 e. The van der Waals surface area contributed by atoms with Gasteiger partial charge in [-0.05, 0) is 47.7 Å². The van der Waals surface area contributed by atoms with Crippen LogP contribution in [0.25, 0.3) is 6.08 Å². The summed E-state index contributed by atoms with van der Waals surface area (Å²) < 4.78 is 13.6. The van der Waals surface area contributed by atoms with Crippen molar-refractivity contribution in [3.63, 3.8) is 0 Å². The first-order valence-electron chi connectivity index (χ1n) is 7.99. The van der Waals surface area contributed by atoms with Gasteiger partial charge in [-0.3, -0.25) is 19.3 Å². The van der Waals surface area contributed by atoms with Crippen molar-refractivity contribution in [2.45, 2.75) is 0 Å². The number of nitrogens with zero attached hydrogens (tertiary/aromatic N) is 1. The predicted octanol–water partition coefficient (Wildman–Crippen LogP) is 3.95. The Labute approximate surface area is 164 Å². The number of benzene rings is 2. The highest BCUT2D eigenvalue weighted by molar-refractivity contribution is 8.18. The van der Waals surface area contributed by atoms with E-state index in [9.17, 15) is 18.8 Å². The first-order chi connectivity index (χ1) is 13.0. The van der Waals surface area contributed by atoms with Crippen molar-refractivity contribution in [1.82, 2.24) is 10.2 Å². The predicted molar refractivity (Wildman–Crippen MR) is 103 cm³/mol. The summed E-state index contributed by atoms with van der Waals surface area (Å²) in [4.78, 5) is 37.8. The molecule has 1 heterocycles. The van der Waals surface area contributed by atoms with Gasteiger partial charge in [0.25, 0.3) is 17.1 Å². The van der Waals surface area contributed by atoms with Crippen molar-refractivity contribution < 1.29 is 18.8 Å². The summed E-state index contributed by atoms with van der Waals surface area (Å²) in [5.41, 5.74) is 0.659. The molecule has 138 valence electrons. The van der Waals surface area contributed by atoms with Crippen LogP contribution < -0.4 is 5.32 Å². The Balaban J connectivity index is 1.60. The Morgan fingerprint density at radius 2 is 1.85 bits per heavy atom. The average Bonchev–Trinajstić information content (AvgIpc) is 2.91. The molecular formula is C19H14ClFN2O3S. The molecule has 0 unspecified atom stereocenters. The van der Waals surface area contributed by atoms with Gasteiger partial charge in [-0.1, -0.05) is 35.9 Å². The summed E-state index contributed by atoms with van der Waals surface area (Å²) in [6.45, 7) is 0.0300. The summed E-state index contributed by atoms with van der Waals surface area (Å²) in [7, 11) is 0. The molecular weight excluding hydrogens is 391 g/mol. The molecule has 1 saturated heterocycles. The quantitative estimate of drug-likeness (QED) is 0.766. The highest BCUT2D eigenvalue weighted by Crippen LogP contribution is 2.32. The zero-order valence-corrected chi connectivity index (χ0v) is 15.5. The maximum absolute atomic E-state index is 13.6.